The van der Waals surface area contributed by atoms with Crippen LogP contribution in [-0.4, -0.2) is 54.8 Å². The zero-order chi connectivity index (χ0) is 19.1. The molecule has 1 aliphatic heterocycles. The van der Waals surface area contributed by atoms with E-state index in [-0.39, 0.29) is 22.5 Å². The molecule has 0 saturated carbocycles. The summed E-state index contributed by atoms with van der Waals surface area (Å²) >= 11 is 0. The predicted octanol–water partition coefficient (Wildman–Crippen LogP) is -0.563. The predicted molar refractivity (Wildman–Crippen MR) is 89.5 cm³/mol. The van der Waals surface area contributed by atoms with E-state index in [0.29, 0.717) is 24.2 Å². The molecule has 0 bridgehead atoms. The second-order valence-corrected chi connectivity index (χ2v) is 6.04. The number of carbonyl (C=O) groups excluding carboxylic acids is 1. The Bertz CT molecular complexity index is 936. The van der Waals surface area contributed by atoms with Crippen LogP contribution in [0, 0.1) is 0 Å². The summed E-state index contributed by atoms with van der Waals surface area (Å²) in [6.45, 7) is 3.66. The molecule has 0 radical (unpaired) electrons. The van der Waals surface area contributed by atoms with Crippen LogP contribution in [-0.2, 0) is 10.9 Å². The van der Waals surface area contributed by atoms with E-state index in [1.165, 1.54) is 11.0 Å². The van der Waals surface area contributed by atoms with Crippen molar-refractivity contribution in [2.24, 2.45) is 0 Å². The minimum absolute atomic E-state index is 0.0575. The lowest BCUT2D eigenvalue weighted by molar-refractivity contribution is -0.377. The highest BCUT2D eigenvalue weighted by Gasteiger charge is 2.28. The third kappa shape index (κ3) is 3.43. The van der Waals surface area contributed by atoms with Gasteiger partial charge in [-0.25, -0.2) is 13.9 Å². The molecule has 1 saturated heterocycles. The number of aromatic nitrogens is 2. The minimum Gasteiger partial charge on any atom is -0.380 e. The SMILES string of the molecule is C=C(F)C(=O)N1CCC(Nc2ccc3ncn(C(O)(O)O)c(=O)c3c2)C1. The number of carbonyl (C=O) groups is 1. The molecule has 0 spiro atoms. The summed E-state index contributed by atoms with van der Waals surface area (Å²) in [6.07, 6.45) is -1.95. The number of fused-ring (bicyclic) bond motifs is 1. The Kier molecular flexibility index (Phi) is 4.48. The molecule has 1 amide bonds. The van der Waals surface area contributed by atoms with Gasteiger partial charge in [-0.15, -0.1) is 0 Å². The van der Waals surface area contributed by atoms with Crippen LogP contribution >= 0.6 is 0 Å². The number of anilines is 1. The second kappa shape index (κ2) is 6.48. The minimum atomic E-state index is -3.36. The van der Waals surface area contributed by atoms with Gasteiger partial charge in [0.05, 0.1) is 10.9 Å². The van der Waals surface area contributed by atoms with Crippen LogP contribution in [0.4, 0.5) is 10.1 Å². The standard InChI is InChI=1S/C16H17FN4O5/c1-9(17)14(22)20-5-4-11(7-20)19-10-2-3-13-12(6-10)15(23)21(8-18-13)16(24,25)26/h2-3,6,8,11,19,24-26H,1,4-5,7H2. The van der Waals surface area contributed by atoms with Crippen molar-refractivity contribution in [1.82, 2.24) is 14.5 Å². The number of halogens is 1. The van der Waals surface area contributed by atoms with E-state index in [9.17, 15) is 29.3 Å². The van der Waals surface area contributed by atoms with E-state index in [1.54, 1.807) is 12.1 Å². The first-order valence-electron chi connectivity index (χ1n) is 7.76. The topological polar surface area (TPSA) is 128 Å². The monoisotopic (exact) mass is 364 g/mol. The third-order valence-electron chi connectivity index (χ3n) is 4.16. The third-order valence-corrected chi connectivity index (χ3v) is 4.16. The Morgan fingerprint density at radius 1 is 1.38 bits per heavy atom. The lowest BCUT2D eigenvalue weighted by Crippen LogP contribution is -2.40. The fourth-order valence-electron chi connectivity index (χ4n) is 2.90. The Labute approximate surface area is 146 Å². The van der Waals surface area contributed by atoms with Crippen molar-refractivity contribution in [2.75, 3.05) is 18.4 Å². The molecular formula is C16H17FN4O5. The molecule has 1 atom stereocenters. The van der Waals surface area contributed by atoms with Crippen molar-refractivity contribution in [3.8, 4) is 0 Å². The van der Waals surface area contributed by atoms with Crippen molar-refractivity contribution in [3.63, 3.8) is 0 Å². The summed E-state index contributed by atoms with van der Waals surface area (Å²) in [7, 11) is 0. The van der Waals surface area contributed by atoms with Crippen molar-refractivity contribution in [1.29, 1.82) is 0 Å². The first-order valence-corrected chi connectivity index (χ1v) is 7.76. The van der Waals surface area contributed by atoms with E-state index in [2.05, 4.69) is 16.9 Å². The lowest BCUT2D eigenvalue weighted by atomic mass is 10.2. The lowest BCUT2D eigenvalue weighted by Gasteiger charge is -2.18. The van der Waals surface area contributed by atoms with Crippen LogP contribution in [0.1, 0.15) is 6.42 Å². The van der Waals surface area contributed by atoms with Crippen LogP contribution in [0.3, 0.4) is 0 Å². The fraction of sp³-hybridized carbons (Fsp3) is 0.312. The maximum atomic E-state index is 12.9. The fourth-order valence-corrected chi connectivity index (χ4v) is 2.90. The molecule has 1 fully saturated rings. The maximum Gasteiger partial charge on any atom is 0.377 e. The van der Waals surface area contributed by atoms with Gasteiger partial charge in [0.25, 0.3) is 11.5 Å². The largest absolute Gasteiger partial charge is 0.380 e. The zero-order valence-electron chi connectivity index (χ0n) is 13.6. The Morgan fingerprint density at radius 2 is 2.12 bits per heavy atom. The normalized spacial score (nSPS) is 17.5. The number of likely N-dealkylation sites (tertiary alicyclic amines) is 1. The molecule has 10 heteroatoms. The second-order valence-electron chi connectivity index (χ2n) is 6.04. The van der Waals surface area contributed by atoms with Gasteiger partial charge >= 0.3 is 6.10 Å². The van der Waals surface area contributed by atoms with Gasteiger partial charge in [0, 0.05) is 24.8 Å². The number of hydrogen-bond acceptors (Lipinski definition) is 7. The van der Waals surface area contributed by atoms with Gasteiger partial charge in [0.2, 0.25) is 0 Å². The molecule has 1 unspecified atom stereocenters. The maximum absolute atomic E-state index is 12.9. The van der Waals surface area contributed by atoms with E-state index < -0.39 is 23.4 Å². The highest BCUT2D eigenvalue weighted by atomic mass is 19.1. The van der Waals surface area contributed by atoms with E-state index in [0.717, 1.165) is 6.33 Å². The molecule has 26 heavy (non-hydrogen) atoms. The van der Waals surface area contributed by atoms with Crippen LogP contribution in [0.5, 0.6) is 0 Å². The van der Waals surface area contributed by atoms with Gasteiger partial charge in [-0.1, -0.05) is 6.58 Å². The van der Waals surface area contributed by atoms with Gasteiger partial charge < -0.3 is 25.5 Å². The quantitative estimate of drug-likeness (QED) is 0.423. The number of benzene rings is 1. The van der Waals surface area contributed by atoms with Crippen molar-refractivity contribution >= 4 is 22.5 Å². The molecule has 3 rings (SSSR count). The molecule has 1 aromatic carbocycles. The molecule has 1 aliphatic rings. The van der Waals surface area contributed by atoms with Crippen LogP contribution in [0.25, 0.3) is 10.9 Å². The van der Waals surface area contributed by atoms with Gasteiger partial charge in [-0.05, 0) is 24.6 Å². The highest BCUT2D eigenvalue weighted by Crippen LogP contribution is 2.20. The van der Waals surface area contributed by atoms with Gasteiger partial charge in [-0.2, -0.15) is 0 Å². The summed E-state index contributed by atoms with van der Waals surface area (Å²) in [6, 6.07) is 4.52. The Morgan fingerprint density at radius 3 is 2.77 bits per heavy atom. The summed E-state index contributed by atoms with van der Waals surface area (Å²) in [5, 5.41) is 30.8. The van der Waals surface area contributed by atoms with Crippen LogP contribution in [0.15, 0.2) is 41.7 Å². The smallest absolute Gasteiger partial charge is 0.377 e. The van der Waals surface area contributed by atoms with Gasteiger partial charge in [-0.3, -0.25) is 9.59 Å². The van der Waals surface area contributed by atoms with Gasteiger partial charge in [0.15, 0.2) is 5.83 Å². The van der Waals surface area contributed by atoms with Crippen LogP contribution in [0.2, 0.25) is 0 Å². The first kappa shape index (κ1) is 18.0. The zero-order valence-corrected chi connectivity index (χ0v) is 13.6. The van der Waals surface area contributed by atoms with Crippen molar-refractivity contribution < 1.29 is 24.5 Å². The summed E-state index contributed by atoms with van der Waals surface area (Å²) in [5.41, 5.74) is -0.00643. The molecule has 4 N–H and O–H groups in total. The van der Waals surface area contributed by atoms with Gasteiger partial charge in [0.1, 0.15) is 6.33 Å². The first-order chi connectivity index (χ1) is 12.2. The van der Waals surface area contributed by atoms with Crippen molar-refractivity contribution in [3.05, 3.63) is 47.3 Å². The summed E-state index contributed by atoms with van der Waals surface area (Å²) in [4.78, 5) is 29.1. The Hall–Kier alpha value is -2.82. The average Bonchev–Trinajstić information content (AvgIpc) is 3.02. The molecule has 0 aliphatic carbocycles. The highest BCUT2D eigenvalue weighted by molar-refractivity contribution is 5.90. The number of amides is 1. The van der Waals surface area contributed by atoms with Crippen LogP contribution < -0.4 is 10.9 Å². The molecular weight excluding hydrogens is 347 g/mol. The molecule has 9 nitrogen and oxygen atoms in total. The van der Waals surface area contributed by atoms with E-state index >= 15 is 0 Å². The number of hydrogen-bond donors (Lipinski definition) is 4. The summed E-state index contributed by atoms with van der Waals surface area (Å²) < 4.78 is 13.2. The van der Waals surface area contributed by atoms with E-state index in [1.807, 2.05) is 0 Å². The number of nitrogens with one attached hydrogen (secondary N) is 1. The summed E-state index contributed by atoms with van der Waals surface area (Å²) in [5.74, 6) is -1.76. The number of nitrogens with zero attached hydrogens (tertiary/aromatic N) is 3. The number of aliphatic hydroxyl groups is 3. The number of rotatable bonds is 4. The average molecular weight is 364 g/mol. The molecule has 2 heterocycles. The van der Waals surface area contributed by atoms with Crippen molar-refractivity contribution in [2.45, 2.75) is 18.6 Å². The molecule has 138 valence electrons. The molecule has 1 aromatic heterocycles. The Balaban J connectivity index is 1.84. The van der Waals surface area contributed by atoms with E-state index in [4.69, 9.17) is 0 Å². The molecule has 2 aromatic rings.